The fraction of sp³-hybridized carbons (Fsp3) is 0.235. The lowest BCUT2D eigenvalue weighted by Gasteiger charge is -2.26. The van der Waals surface area contributed by atoms with Gasteiger partial charge in [-0.25, -0.2) is 4.39 Å². The number of hydrogen-bond donors (Lipinski definition) is 1. The number of para-hydroxylation sites is 2. The summed E-state index contributed by atoms with van der Waals surface area (Å²) in [5.74, 6) is 0.480. The molecule has 3 rings (SSSR count). The molecule has 1 amide bonds. The highest BCUT2D eigenvalue weighted by molar-refractivity contribution is 5.82. The fourth-order valence-corrected chi connectivity index (χ4v) is 2.36. The smallest absolute Gasteiger partial charge is 0.265 e. The summed E-state index contributed by atoms with van der Waals surface area (Å²) in [4.78, 5) is 12.3. The molecule has 0 fully saturated rings. The molecule has 0 aromatic heterocycles. The molecule has 5 heteroatoms. The van der Waals surface area contributed by atoms with Gasteiger partial charge < -0.3 is 14.8 Å². The van der Waals surface area contributed by atoms with Crippen molar-refractivity contribution in [2.75, 3.05) is 6.61 Å². The van der Waals surface area contributed by atoms with Gasteiger partial charge in [-0.3, -0.25) is 4.79 Å². The Kier molecular flexibility index (Phi) is 3.96. The van der Waals surface area contributed by atoms with Crippen molar-refractivity contribution >= 4 is 5.91 Å². The van der Waals surface area contributed by atoms with E-state index in [4.69, 9.17) is 9.47 Å². The number of hydrogen-bond acceptors (Lipinski definition) is 3. The summed E-state index contributed by atoms with van der Waals surface area (Å²) in [5.41, 5.74) is 0.438. The predicted molar refractivity (Wildman–Crippen MR) is 79.3 cm³/mol. The number of halogens is 1. The molecule has 1 aliphatic rings. The minimum absolute atomic E-state index is 0.132. The molecule has 1 heterocycles. The molecule has 0 radical (unpaired) electrons. The molecular weight excluding hydrogens is 285 g/mol. The van der Waals surface area contributed by atoms with Crippen LogP contribution in [0, 0.1) is 5.82 Å². The van der Waals surface area contributed by atoms with Gasteiger partial charge in [0.05, 0.1) is 6.04 Å². The molecule has 0 saturated heterocycles. The van der Waals surface area contributed by atoms with E-state index in [0.717, 1.165) is 0 Å². The average Bonchev–Trinajstić information content (AvgIpc) is 2.54. The maximum atomic E-state index is 13.7. The van der Waals surface area contributed by atoms with Crippen molar-refractivity contribution in [1.82, 2.24) is 5.32 Å². The molecule has 0 bridgehead atoms. The molecule has 22 heavy (non-hydrogen) atoms. The zero-order valence-electron chi connectivity index (χ0n) is 12.1. The Balaban J connectivity index is 1.67. The van der Waals surface area contributed by atoms with Gasteiger partial charge in [0.1, 0.15) is 12.4 Å². The Hall–Kier alpha value is -2.56. The van der Waals surface area contributed by atoms with Gasteiger partial charge >= 0.3 is 0 Å². The Bertz CT molecular complexity index is 689. The van der Waals surface area contributed by atoms with Gasteiger partial charge in [0.2, 0.25) is 6.10 Å². The SMILES string of the molecule is C[C@H](NC(=O)[C@H]1COc2ccccc2O1)c1ccccc1F. The molecule has 1 N–H and O–H groups in total. The van der Waals surface area contributed by atoms with E-state index in [-0.39, 0.29) is 18.3 Å². The van der Waals surface area contributed by atoms with Crippen LogP contribution in [0.2, 0.25) is 0 Å². The summed E-state index contributed by atoms with van der Waals surface area (Å²) >= 11 is 0. The van der Waals surface area contributed by atoms with Gasteiger partial charge in [-0.15, -0.1) is 0 Å². The topological polar surface area (TPSA) is 47.6 Å². The highest BCUT2D eigenvalue weighted by Gasteiger charge is 2.28. The van der Waals surface area contributed by atoms with Crippen LogP contribution in [0.1, 0.15) is 18.5 Å². The van der Waals surface area contributed by atoms with E-state index in [0.29, 0.717) is 17.1 Å². The molecule has 0 spiro atoms. The second kappa shape index (κ2) is 6.05. The quantitative estimate of drug-likeness (QED) is 0.948. The number of rotatable bonds is 3. The van der Waals surface area contributed by atoms with E-state index in [9.17, 15) is 9.18 Å². The molecule has 2 atom stereocenters. The van der Waals surface area contributed by atoms with Gasteiger partial charge in [-0.2, -0.15) is 0 Å². The number of carbonyl (C=O) groups excluding carboxylic acids is 1. The Labute approximate surface area is 127 Å². The number of carbonyl (C=O) groups is 1. The summed E-state index contributed by atoms with van der Waals surface area (Å²) in [5, 5.41) is 2.75. The Morgan fingerprint density at radius 1 is 1.18 bits per heavy atom. The lowest BCUT2D eigenvalue weighted by atomic mass is 10.1. The number of benzene rings is 2. The second-order valence-electron chi connectivity index (χ2n) is 5.12. The molecule has 2 aromatic carbocycles. The van der Waals surface area contributed by atoms with Crippen LogP contribution >= 0.6 is 0 Å². The molecule has 114 valence electrons. The standard InChI is InChI=1S/C17H16FNO3/c1-11(12-6-2-3-7-13(12)18)19-17(20)16-10-21-14-8-4-5-9-15(14)22-16/h2-9,11,16H,10H2,1H3,(H,19,20)/t11-,16+/m0/s1. The zero-order valence-corrected chi connectivity index (χ0v) is 12.1. The minimum Gasteiger partial charge on any atom is -0.485 e. The molecule has 0 saturated carbocycles. The molecular formula is C17H16FNO3. The number of amides is 1. The number of fused-ring (bicyclic) bond motifs is 1. The van der Waals surface area contributed by atoms with E-state index in [2.05, 4.69) is 5.32 Å². The minimum atomic E-state index is -0.746. The highest BCUT2D eigenvalue weighted by atomic mass is 19.1. The van der Waals surface area contributed by atoms with Gasteiger partial charge in [0, 0.05) is 5.56 Å². The summed E-state index contributed by atoms with van der Waals surface area (Å²) in [6.45, 7) is 1.86. The third-order valence-electron chi connectivity index (χ3n) is 3.53. The molecule has 2 aromatic rings. The van der Waals surface area contributed by atoms with Crippen molar-refractivity contribution in [3.05, 3.63) is 59.9 Å². The fourth-order valence-electron chi connectivity index (χ4n) is 2.36. The van der Waals surface area contributed by atoms with Crippen LogP contribution in [0.25, 0.3) is 0 Å². The number of ether oxygens (including phenoxy) is 2. The van der Waals surface area contributed by atoms with Crippen LogP contribution in [-0.4, -0.2) is 18.6 Å². The van der Waals surface area contributed by atoms with Crippen molar-refractivity contribution in [1.29, 1.82) is 0 Å². The van der Waals surface area contributed by atoms with Crippen LogP contribution in [0.3, 0.4) is 0 Å². The van der Waals surface area contributed by atoms with Gasteiger partial charge in [0.25, 0.3) is 5.91 Å². The van der Waals surface area contributed by atoms with Crippen LogP contribution in [0.5, 0.6) is 11.5 Å². The summed E-state index contributed by atoms with van der Waals surface area (Å²) in [6.07, 6.45) is -0.746. The van der Waals surface area contributed by atoms with E-state index in [1.165, 1.54) is 6.07 Å². The van der Waals surface area contributed by atoms with Crippen LogP contribution in [0.4, 0.5) is 4.39 Å². The monoisotopic (exact) mass is 301 g/mol. The maximum absolute atomic E-state index is 13.7. The molecule has 0 aliphatic carbocycles. The summed E-state index contributed by atoms with van der Waals surface area (Å²) in [7, 11) is 0. The lowest BCUT2D eigenvalue weighted by molar-refractivity contribution is -0.131. The lowest BCUT2D eigenvalue weighted by Crippen LogP contribution is -2.44. The zero-order chi connectivity index (χ0) is 15.5. The van der Waals surface area contributed by atoms with Crippen LogP contribution in [0.15, 0.2) is 48.5 Å². The first-order chi connectivity index (χ1) is 10.6. The average molecular weight is 301 g/mol. The molecule has 0 unspecified atom stereocenters. The predicted octanol–water partition coefficient (Wildman–Crippen LogP) is 2.84. The van der Waals surface area contributed by atoms with Crippen molar-refractivity contribution in [2.45, 2.75) is 19.1 Å². The van der Waals surface area contributed by atoms with Crippen molar-refractivity contribution in [3.8, 4) is 11.5 Å². The normalized spacial score (nSPS) is 17.6. The van der Waals surface area contributed by atoms with Gasteiger partial charge in [0.15, 0.2) is 11.5 Å². The van der Waals surface area contributed by atoms with Crippen molar-refractivity contribution in [2.24, 2.45) is 0 Å². The first kappa shape index (κ1) is 14.4. The first-order valence-corrected chi connectivity index (χ1v) is 7.08. The van der Waals surface area contributed by atoms with Gasteiger partial charge in [-0.1, -0.05) is 30.3 Å². The highest BCUT2D eigenvalue weighted by Crippen LogP contribution is 2.31. The Morgan fingerprint density at radius 3 is 2.64 bits per heavy atom. The van der Waals surface area contributed by atoms with E-state index in [1.54, 1.807) is 37.3 Å². The third-order valence-corrected chi connectivity index (χ3v) is 3.53. The van der Waals surface area contributed by atoms with E-state index in [1.807, 2.05) is 12.1 Å². The maximum Gasteiger partial charge on any atom is 0.265 e. The summed E-state index contributed by atoms with van der Waals surface area (Å²) < 4.78 is 24.9. The van der Waals surface area contributed by atoms with Gasteiger partial charge in [-0.05, 0) is 25.1 Å². The number of nitrogens with one attached hydrogen (secondary N) is 1. The van der Waals surface area contributed by atoms with Crippen molar-refractivity contribution < 1.29 is 18.7 Å². The van der Waals surface area contributed by atoms with Crippen molar-refractivity contribution in [3.63, 3.8) is 0 Å². The second-order valence-corrected chi connectivity index (χ2v) is 5.12. The van der Waals surface area contributed by atoms with Crippen LogP contribution < -0.4 is 14.8 Å². The third kappa shape index (κ3) is 2.88. The molecule has 4 nitrogen and oxygen atoms in total. The molecule has 1 aliphatic heterocycles. The van der Waals surface area contributed by atoms with E-state index < -0.39 is 12.1 Å². The van der Waals surface area contributed by atoms with Crippen LogP contribution in [-0.2, 0) is 4.79 Å². The largest absolute Gasteiger partial charge is 0.485 e. The van der Waals surface area contributed by atoms with E-state index >= 15 is 0 Å². The Morgan fingerprint density at radius 2 is 1.86 bits per heavy atom. The summed E-state index contributed by atoms with van der Waals surface area (Å²) in [6, 6.07) is 13.1. The first-order valence-electron chi connectivity index (χ1n) is 7.08.